The summed E-state index contributed by atoms with van der Waals surface area (Å²) >= 11 is 0. The summed E-state index contributed by atoms with van der Waals surface area (Å²) in [5.74, 6) is 0. The van der Waals surface area contributed by atoms with E-state index in [9.17, 15) is 8.42 Å². The Balaban J connectivity index is 2.06. The standard InChI is InChI=1S/C12H20N4O2S/c1-11(9-13)15-5-7-16(8-6-15)19(17,18)12-3-2-4-14-10-12/h2-4,10-11H,5-9,13H2,1H3. The molecule has 1 aromatic heterocycles. The minimum absolute atomic E-state index is 0.260. The van der Waals surface area contributed by atoms with Crippen LogP contribution in [0.3, 0.4) is 0 Å². The van der Waals surface area contributed by atoms with Crippen LogP contribution >= 0.6 is 0 Å². The van der Waals surface area contributed by atoms with E-state index >= 15 is 0 Å². The molecule has 0 radical (unpaired) electrons. The Morgan fingerprint density at radius 1 is 1.37 bits per heavy atom. The highest BCUT2D eigenvalue weighted by molar-refractivity contribution is 7.89. The van der Waals surface area contributed by atoms with Crippen molar-refractivity contribution in [3.05, 3.63) is 24.5 Å². The van der Waals surface area contributed by atoms with Crippen molar-refractivity contribution in [1.82, 2.24) is 14.2 Å². The van der Waals surface area contributed by atoms with Gasteiger partial charge in [-0.2, -0.15) is 4.31 Å². The van der Waals surface area contributed by atoms with Gasteiger partial charge in [-0.15, -0.1) is 0 Å². The quantitative estimate of drug-likeness (QED) is 0.823. The zero-order valence-electron chi connectivity index (χ0n) is 11.1. The van der Waals surface area contributed by atoms with Crippen molar-refractivity contribution < 1.29 is 8.42 Å². The maximum Gasteiger partial charge on any atom is 0.244 e. The van der Waals surface area contributed by atoms with E-state index in [1.807, 2.05) is 0 Å². The minimum Gasteiger partial charge on any atom is -0.329 e. The number of piperazine rings is 1. The Morgan fingerprint density at radius 2 is 2.05 bits per heavy atom. The Hall–Kier alpha value is -1.02. The van der Waals surface area contributed by atoms with Gasteiger partial charge in [-0.25, -0.2) is 8.42 Å². The number of hydrogen-bond acceptors (Lipinski definition) is 5. The number of pyridine rings is 1. The predicted molar refractivity (Wildman–Crippen MR) is 73.1 cm³/mol. The Morgan fingerprint density at radius 3 is 2.58 bits per heavy atom. The molecule has 7 heteroatoms. The van der Waals surface area contributed by atoms with Crippen LogP contribution in [-0.2, 0) is 10.0 Å². The van der Waals surface area contributed by atoms with Crippen LogP contribution in [0.15, 0.2) is 29.4 Å². The molecule has 2 heterocycles. The third kappa shape index (κ3) is 3.11. The van der Waals surface area contributed by atoms with Gasteiger partial charge in [-0.1, -0.05) is 0 Å². The van der Waals surface area contributed by atoms with Gasteiger partial charge in [0.25, 0.3) is 0 Å². The molecule has 0 bridgehead atoms. The summed E-state index contributed by atoms with van der Waals surface area (Å²) in [6.45, 7) is 5.10. The second-order valence-electron chi connectivity index (χ2n) is 4.71. The molecular weight excluding hydrogens is 264 g/mol. The topological polar surface area (TPSA) is 79.5 Å². The van der Waals surface area contributed by atoms with Crippen LogP contribution in [0.4, 0.5) is 0 Å². The van der Waals surface area contributed by atoms with Gasteiger partial charge in [0, 0.05) is 51.2 Å². The summed E-state index contributed by atoms with van der Waals surface area (Å²) < 4.78 is 26.3. The van der Waals surface area contributed by atoms with E-state index in [1.54, 1.807) is 18.3 Å². The highest BCUT2D eigenvalue weighted by Gasteiger charge is 2.29. The molecule has 1 aromatic rings. The number of rotatable bonds is 4. The zero-order chi connectivity index (χ0) is 13.9. The summed E-state index contributed by atoms with van der Waals surface area (Å²) in [6, 6.07) is 3.51. The average molecular weight is 284 g/mol. The normalized spacial score (nSPS) is 20.3. The fourth-order valence-corrected chi connectivity index (χ4v) is 3.57. The van der Waals surface area contributed by atoms with Crippen LogP contribution < -0.4 is 5.73 Å². The average Bonchev–Trinajstić information content (AvgIpc) is 2.47. The number of aromatic nitrogens is 1. The first-order valence-electron chi connectivity index (χ1n) is 6.40. The van der Waals surface area contributed by atoms with Crippen molar-refractivity contribution in [2.45, 2.75) is 17.9 Å². The van der Waals surface area contributed by atoms with E-state index in [4.69, 9.17) is 5.73 Å². The molecule has 1 aliphatic heterocycles. The van der Waals surface area contributed by atoms with Gasteiger partial charge in [0.05, 0.1) is 0 Å². The molecule has 1 atom stereocenters. The molecule has 1 unspecified atom stereocenters. The highest BCUT2D eigenvalue weighted by Crippen LogP contribution is 2.17. The first-order chi connectivity index (χ1) is 9.05. The molecular formula is C12H20N4O2S. The van der Waals surface area contributed by atoms with E-state index in [-0.39, 0.29) is 4.90 Å². The molecule has 0 spiro atoms. The monoisotopic (exact) mass is 284 g/mol. The Kier molecular flexibility index (Phi) is 4.51. The highest BCUT2D eigenvalue weighted by atomic mass is 32.2. The van der Waals surface area contributed by atoms with Gasteiger partial charge < -0.3 is 5.73 Å². The molecule has 1 aliphatic rings. The molecule has 0 aliphatic carbocycles. The van der Waals surface area contributed by atoms with E-state index in [2.05, 4.69) is 16.8 Å². The number of hydrogen-bond donors (Lipinski definition) is 1. The third-order valence-electron chi connectivity index (χ3n) is 3.51. The van der Waals surface area contributed by atoms with Gasteiger partial charge >= 0.3 is 0 Å². The molecule has 106 valence electrons. The SMILES string of the molecule is CC(CN)N1CCN(S(=O)(=O)c2cccnc2)CC1. The fourth-order valence-electron chi connectivity index (χ4n) is 2.18. The molecule has 19 heavy (non-hydrogen) atoms. The van der Waals surface area contributed by atoms with Crippen molar-refractivity contribution in [2.75, 3.05) is 32.7 Å². The molecule has 1 fully saturated rings. The largest absolute Gasteiger partial charge is 0.329 e. The summed E-state index contributed by atoms with van der Waals surface area (Å²) in [5, 5.41) is 0. The molecule has 2 rings (SSSR count). The van der Waals surface area contributed by atoms with Crippen LogP contribution in [0.25, 0.3) is 0 Å². The molecule has 0 aromatic carbocycles. The summed E-state index contributed by atoms with van der Waals surface area (Å²) in [4.78, 5) is 6.35. The van der Waals surface area contributed by atoms with E-state index in [1.165, 1.54) is 10.5 Å². The van der Waals surface area contributed by atoms with Crippen molar-refractivity contribution >= 4 is 10.0 Å². The lowest BCUT2D eigenvalue weighted by Crippen LogP contribution is -2.52. The molecule has 2 N–H and O–H groups in total. The van der Waals surface area contributed by atoms with E-state index in [0.717, 1.165) is 13.1 Å². The first kappa shape index (κ1) is 14.4. The maximum absolute atomic E-state index is 12.4. The van der Waals surface area contributed by atoms with Crippen LogP contribution in [0.5, 0.6) is 0 Å². The summed E-state index contributed by atoms with van der Waals surface area (Å²) in [6.07, 6.45) is 2.96. The Bertz CT molecular complexity index is 498. The smallest absolute Gasteiger partial charge is 0.244 e. The van der Waals surface area contributed by atoms with Crippen LogP contribution in [0.2, 0.25) is 0 Å². The number of nitrogens with zero attached hydrogens (tertiary/aromatic N) is 3. The second-order valence-corrected chi connectivity index (χ2v) is 6.65. The lowest BCUT2D eigenvalue weighted by Gasteiger charge is -2.36. The third-order valence-corrected chi connectivity index (χ3v) is 5.39. The van der Waals surface area contributed by atoms with Crippen LogP contribution in [0, 0.1) is 0 Å². The zero-order valence-corrected chi connectivity index (χ0v) is 11.9. The van der Waals surface area contributed by atoms with Crippen LogP contribution in [-0.4, -0.2) is 61.4 Å². The molecule has 6 nitrogen and oxygen atoms in total. The lowest BCUT2D eigenvalue weighted by atomic mass is 10.2. The van der Waals surface area contributed by atoms with Crippen molar-refractivity contribution in [3.8, 4) is 0 Å². The van der Waals surface area contributed by atoms with Gasteiger partial charge in [0.2, 0.25) is 10.0 Å². The molecule has 0 amide bonds. The van der Waals surface area contributed by atoms with Crippen molar-refractivity contribution in [1.29, 1.82) is 0 Å². The Labute approximate surface area is 114 Å². The maximum atomic E-state index is 12.4. The van der Waals surface area contributed by atoms with E-state index in [0.29, 0.717) is 25.7 Å². The number of nitrogens with two attached hydrogens (primary N) is 1. The molecule has 1 saturated heterocycles. The second kappa shape index (κ2) is 5.96. The van der Waals surface area contributed by atoms with Gasteiger partial charge in [0.15, 0.2) is 0 Å². The van der Waals surface area contributed by atoms with Crippen LogP contribution in [0.1, 0.15) is 6.92 Å². The molecule has 0 saturated carbocycles. The van der Waals surface area contributed by atoms with Crippen molar-refractivity contribution in [2.24, 2.45) is 5.73 Å². The van der Waals surface area contributed by atoms with E-state index < -0.39 is 10.0 Å². The van der Waals surface area contributed by atoms with Crippen molar-refractivity contribution in [3.63, 3.8) is 0 Å². The fraction of sp³-hybridized carbons (Fsp3) is 0.583. The minimum atomic E-state index is -3.40. The predicted octanol–water partition coefficient (Wildman–Crippen LogP) is -0.265. The summed E-state index contributed by atoms with van der Waals surface area (Å²) in [5.41, 5.74) is 5.63. The summed E-state index contributed by atoms with van der Waals surface area (Å²) in [7, 11) is -3.40. The number of sulfonamides is 1. The first-order valence-corrected chi connectivity index (χ1v) is 7.84. The van der Waals surface area contributed by atoms with Gasteiger partial charge in [0.1, 0.15) is 4.90 Å². The van der Waals surface area contributed by atoms with Gasteiger partial charge in [-0.05, 0) is 19.1 Å². The van der Waals surface area contributed by atoms with Gasteiger partial charge in [-0.3, -0.25) is 9.88 Å². The lowest BCUT2D eigenvalue weighted by molar-refractivity contribution is 0.149.